The van der Waals surface area contributed by atoms with E-state index in [1.54, 1.807) is 11.2 Å². The molecular weight excluding hydrogens is 304 g/mol. The van der Waals surface area contributed by atoms with E-state index in [0.717, 1.165) is 56.3 Å². The van der Waals surface area contributed by atoms with Crippen molar-refractivity contribution < 1.29 is 18.7 Å². The Kier molecular flexibility index (Phi) is 4.02. The number of amides is 1. The molecule has 4 heterocycles. The molecule has 5 rings (SSSR count). The van der Waals surface area contributed by atoms with E-state index >= 15 is 0 Å². The molecule has 2 aromatic rings. The fourth-order valence-electron chi connectivity index (χ4n) is 3.80. The number of nitrogens with zero attached hydrogens (tertiary/aromatic N) is 2. The van der Waals surface area contributed by atoms with Gasteiger partial charge in [-0.05, 0) is 30.2 Å². The van der Waals surface area contributed by atoms with Gasteiger partial charge in [0.1, 0.15) is 25.4 Å². The second-order valence-electron chi connectivity index (χ2n) is 6.82. The van der Waals surface area contributed by atoms with Gasteiger partial charge in [-0.25, -0.2) is 4.79 Å². The smallest absolute Gasteiger partial charge is 0.467 e. The van der Waals surface area contributed by atoms with Gasteiger partial charge >= 0.3 is 6.09 Å². The number of fused-ring (bicyclic) bond motifs is 3. The highest BCUT2D eigenvalue weighted by atomic mass is 16.8. The molecule has 126 valence electrons. The molecule has 0 unspecified atom stereocenters. The Labute approximate surface area is 142 Å². The minimum atomic E-state index is -0.294. The molecule has 0 radical (unpaired) electrons. The van der Waals surface area contributed by atoms with Gasteiger partial charge in [0.2, 0.25) is 0 Å². The highest BCUT2D eigenvalue weighted by molar-refractivity contribution is 5.86. The third-order valence-corrected chi connectivity index (χ3v) is 5.29. The number of carbonyl (C=O) groups is 1. The molecule has 0 saturated carbocycles. The Morgan fingerprint density at radius 2 is 1.79 bits per heavy atom. The number of hydroxylamine groups is 3. The lowest BCUT2D eigenvalue weighted by Crippen LogP contribution is -2.60. The molecule has 3 fully saturated rings. The van der Waals surface area contributed by atoms with Gasteiger partial charge in [0.25, 0.3) is 0 Å². The fourth-order valence-corrected chi connectivity index (χ4v) is 3.80. The summed E-state index contributed by atoms with van der Waals surface area (Å²) in [7, 11) is 0. The van der Waals surface area contributed by atoms with Crippen molar-refractivity contribution in [3.05, 3.63) is 54.5 Å². The summed E-state index contributed by atoms with van der Waals surface area (Å²) in [5, 5.41) is 0. The van der Waals surface area contributed by atoms with Crippen molar-refractivity contribution in [2.45, 2.75) is 25.8 Å². The fraction of sp³-hybridized carbons (Fsp3) is 0.421. The highest BCUT2D eigenvalue weighted by Crippen LogP contribution is 2.34. The number of quaternary nitrogens is 1. The average molecular weight is 327 g/mol. The maximum Gasteiger partial charge on any atom is 0.469 e. The number of rotatable bonds is 4. The van der Waals surface area contributed by atoms with Crippen LogP contribution >= 0.6 is 0 Å². The van der Waals surface area contributed by atoms with E-state index in [9.17, 15) is 4.79 Å². The molecule has 5 nitrogen and oxygen atoms in total. The summed E-state index contributed by atoms with van der Waals surface area (Å²) in [6, 6.07) is 13.4. The van der Waals surface area contributed by atoms with E-state index < -0.39 is 0 Å². The van der Waals surface area contributed by atoms with Crippen LogP contribution in [-0.4, -0.2) is 30.4 Å². The van der Waals surface area contributed by atoms with Crippen LogP contribution in [0.1, 0.15) is 25.0 Å². The Hall–Kier alpha value is -2.27. The molecule has 5 heteroatoms. The van der Waals surface area contributed by atoms with Crippen LogP contribution in [0.3, 0.4) is 0 Å². The lowest BCUT2D eigenvalue weighted by molar-refractivity contribution is -1.10. The molecule has 1 aromatic heterocycles. The molecule has 24 heavy (non-hydrogen) atoms. The van der Waals surface area contributed by atoms with Crippen molar-refractivity contribution in [3.63, 3.8) is 0 Å². The monoisotopic (exact) mass is 327 g/mol. The minimum Gasteiger partial charge on any atom is -0.467 e. The highest BCUT2D eigenvalue weighted by Gasteiger charge is 2.44. The van der Waals surface area contributed by atoms with Gasteiger partial charge in [-0.2, -0.15) is 0 Å². The standard InChI is InChI=1S/C19H23N2O3/c22-19(24-21-11-8-16(9-12-21)10-13-21)20(15-18-7-4-14-23-18)17-5-2-1-3-6-17/h1-7,14,16H,8-13,15H2/q+1. The molecule has 0 N–H and O–H groups in total. The van der Waals surface area contributed by atoms with Gasteiger partial charge < -0.3 is 4.42 Å². The summed E-state index contributed by atoms with van der Waals surface area (Å²) in [5.74, 6) is 1.57. The average Bonchev–Trinajstić information content (AvgIpc) is 3.15. The molecule has 0 atom stereocenters. The van der Waals surface area contributed by atoms with Gasteiger partial charge in [-0.3, -0.25) is 9.74 Å². The largest absolute Gasteiger partial charge is 0.469 e. The zero-order valence-electron chi connectivity index (χ0n) is 13.8. The van der Waals surface area contributed by atoms with Crippen molar-refractivity contribution in [1.29, 1.82) is 0 Å². The van der Waals surface area contributed by atoms with E-state index in [4.69, 9.17) is 9.25 Å². The molecule has 1 aromatic carbocycles. The number of piperidine rings is 3. The van der Waals surface area contributed by atoms with Crippen LogP contribution < -0.4 is 4.90 Å². The summed E-state index contributed by atoms with van der Waals surface area (Å²) < 4.78 is 5.91. The van der Waals surface area contributed by atoms with Gasteiger partial charge in [0, 0.05) is 24.9 Å². The minimum absolute atomic E-state index is 0.294. The number of para-hydroxylation sites is 1. The van der Waals surface area contributed by atoms with E-state index in [2.05, 4.69) is 0 Å². The second kappa shape index (κ2) is 6.32. The zero-order chi connectivity index (χ0) is 16.4. The summed E-state index contributed by atoms with van der Waals surface area (Å²) in [6.07, 6.45) is 4.82. The summed E-state index contributed by atoms with van der Waals surface area (Å²) in [5.41, 5.74) is 0.823. The van der Waals surface area contributed by atoms with Crippen molar-refractivity contribution in [2.24, 2.45) is 5.92 Å². The molecule has 3 aliphatic rings. The summed E-state index contributed by atoms with van der Waals surface area (Å²) in [6.45, 7) is 3.21. The predicted molar refractivity (Wildman–Crippen MR) is 90.0 cm³/mol. The first kappa shape index (κ1) is 15.3. The third kappa shape index (κ3) is 3.04. The Bertz CT molecular complexity index is 662. The number of benzene rings is 1. The molecule has 3 saturated heterocycles. The molecule has 1 amide bonds. The first-order valence-electron chi connectivity index (χ1n) is 8.69. The van der Waals surface area contributed by atoms with E-state index in [-0.39, 0.29) is 6.09 Å². The van der Waals surface area contributed by atoms with Crippen LogP contribution in [0.5, 0.6) is 0 Å². The van der Waals surface area contributed by atoms with Crippen LogP contribution in [0.4, 0.5) is 10.5 Å². The molecular formula is C19H23N2O3+. The van der Waals surface area contributed by atoms with E-state index in [0.29, 0.717) is 11.2 Å². The van der Waals surface area contributed by atoms with Crippen LogP contribution in [0, 0.1) is 5.92 Å². The molecule has 0 aliphatic carbocycles. The van der Waals surface area contributed by atoms with Crippen LogP contribution in [-0.2, 0) is 11.4 Å². The number of hydrogen-bond donors (Lipinski definition) is 0. The Morgan fingerprint density at radius 3 is 2.42 bits per heavy atom. The number of anilines is 1. The van der Waals surface area contributed by atoms with Crippen molar-refractivity contribution in [2.75, 3.05) is 24.5 Å². The van der Waals surface area contributed by atoms with Crippen LogP contribution in [0.25, 0.3) is 0 Å². The molecule has 2 bridgehead atoms. The van der Waals surface area contributed by atoms with Gasteiger partial charge in [0.15, 0.2) is 0 Å². The van der Waals surface area contributed by atoms with Crippen molar-refractivity contribution in [3.8, 4) is 0 Å². The first-order chi connectivity index (χ1) is 11.7. The van der Waals surface area contributed by atoms with Crippen LogP contribution in [0.2, 0.25) is 0 Å². The third-order valence-electron chi connectivity index (χ3n) is 5.29. The first-order valence-corrected chi connectivity index (χ1v) is 8.69. The molecule has 0 spiro atoms. The SMILES string of the molecule is O=C(O[N+]12CCC(CC1)CC2)N(Cc1ccco1)c1ccccc1. The van der Waals surface area contributed by atoms with E-state index in [1.807, 2.05) is 42.5 Å². The quantitative estimate of drug-likeness (QED) is 0.798. The van der Waals surface area contributed by atoms with E-state index in [1.165, 1.54) is 0 Å². The van der Waals surface area contributed by atoms with Gasteiger partial charge in [0.05, 0.1) is 12.8 Å². The lowest BCUT2D eigenvalue weighted by Gasteiger charge is -2.45. The zero-order valence-corrected chi connectivity index (χ0v) is 13.8. The molecule has 3 aliphatic heterocycles. The topological polar surface area (TPSA) is 42.7 Å². The normalized spacial score (nSPS) is 25.4. The second-order valence-corrected chi connectivity index (χ2v) is 6.82. The van der Waals surface area contributed by atoms with Crippen molar-refractivity contribution >= 4 is 11.8 Å². The maximum absolute atomic E-state index is 13.0. The maximum atomic E-state index is 13.0. The van der Waals surface area contributed by atoms with Crippen LogP contribution in [0.15, 0.2) is 53.1 Å². The van der Waals surface area contributed by atoms with Gasteiger partial charge in [-0.1, -0.05) is 18.2 Å². The number of furan rings is 1. The summed E-state index contributed by atoms with van der Waals surface area (Å²) in [4.78, 5) is 20.6. The Balaban J connectivity index is 1.54. The predicted octanol–water partition coefficient (Wildman–Crippen LogP) is 3.97. The van der Waals surface area contributed by atoms with Crippen molar-refractivity contribution in [1.82, 2.24) is 0 Å². The Morgan fingerprint density at radius 1 is 1.08 bits per heavy atom. The lowest BCUT2D eigenvalue weighted by atomic mass is 9.88. The van der Waals surface area contributed by atoms with Gasteiger partial charge in [-0.15, -0.1) is 4.65 Å². The number of carbonyl (C=O) groups excluding carboxylic acids is 1. The summed E-state index contributed by atoms with van der Waals surface area (Å²) >= 11 is 0. The number of hydrogen-bond acceptors (Lipinski definition) is 3.